The van der Waals surface area contributed by atoms with Gasteiger partial charge < -0.3 is 4.74 Å². The van der Waals surface area contributed by atoms with E-state index in [0.29, 0.717) is 29.3 Å². The van der Waals surface area contributed by atoms with Crippen LogP contribution in [0.2, 0.25) is 5.02 Å². The molecule has 4 nitrogen and oxygen atoms in total. The number of nitrogens with zero attached hydrogens (tertiary/aromatic N) is 1. The summed E-state index contributed by atoms with van der Waals surface area (Å²) in [5.41, 5.74) is 1.36. The van der Waals surface area contributed by atoms with Gasteiger partial charge in [-0.3, -0.25) is 9.63 Å². The molecular formula is C12H12ClNO3. The number of halogens is 1. The first-order valence-corrected chi connectivity index (χ1v) is 6.00. The van der Waals surface area contributed by atoms with Crippen LogP contribution >= 0.6 is 11.6 Å². The Balaban J connectivity index is 2.06. The summed E-state index contributed by atoms with van der Waals surface area (Å²) in [5.74, 6) is 0.00937. The van der Waals surface area contributed by atoms with Gasteiger partial charge in [0.25, 0.3) is 0 Å². The van der Waals surface area contributed by atoms with Crippen molar-refractivity contribution < 1.29 is 14.4 Å². The van der Waals surface area contributed by atoms with Gasteiger partial charge in [0, 0.05) is 23.6 Å². The van der Waals surface area contributed by atoms with Crippen molar-refractivity contribution in [3.63, 3.8) is 0 Å². The second-order valence-corrected chi connectivity index (χ2v) is 4.53. The normalized spacial score (nSPS) is 26.2. The predicted molar refractivity (Wildman–Crippen MR) is 63.2 cm³/mol. The van der Waals surface area contributed by atoms with Crippen LogP contribution in [-0.4, -0.2) is 24.7 Å². The van der Waals surface area contributed by atoms with Crippen molar-refractivity contribution >= 4 is 23.1 Å². The molecule has 2 bridgehead atoms. The third-order valence-electron chi connectivity index (χ3n) is 3.03. The topological polar surface area (TPSA) is 38.8 Å². The van der Waals surface area contributed by atoms with E-state index in [-0.39, 0.29) is 12.0 Å². The summed E-state index contributed by atoms with van der Waals surface area (Å²) in [7, 11) is 0. The molecule has 0 N–H and O–H groups in total. The van der Waals surface area contributed by atoms with Crippen LogP contribution in [0.4, 0.5) is 5.69 Å². The van der Waals surface area contributed by atoms with Gasteiger partial charge in [0.15, 0.2) is 18.1 Å². The van der Waals surface area contributed by atoms with Gasteiger partial charge in [0.1, 0.15) is 0 Å². The molecule has 2 heterocycles. The Bertz CT molecular complexity index is 477. The second-order valence-electron chi connectivity index (χ2n) is 4.09. The minimum Gasteiger partial charge on any atom is -0.356 e. The Hall–Kier alpha value is -1.10. The first-order valence-electron chi connectivity index (χ1n) is 5.62. The Morgan fingerprint density at radius 1 is 1.59 bits per heavy atom. The van der Waals surface area contributed by atoms with Gasteiger partial charge in [-0.1, -0.05) is 11.6 Å². The zero-order chi connectivity index (χ0) is 12.0. The summed E-state index contributed by atoms with van der Waals surface area (Å²) in [4.78, 5) is 17.6. The molecular weight excluding hydrogens is 242 g/mol. The average Bonchev–Trinajstić information content (AvgIpc) is 2.68. The maximum atomic E-state index is 12.1. The molecule has 0 saturated carbocycles. The number of hydrogen-bond donors (Lipinski definition) is 0. The number of carbonyl (C=O) groups excluding carboxylic acids is 1. The lowest BCUT2D eigenvalue weighted by Crippen LogP contribution is -2.35. The van der Waals surface area contributed by atoms with Crippen molar-refractivity contribution in [3.05, 3.63) is 28.8 Å². The number of fused-ring (bicyclic) bond motifs is 4. The summed E-state index contributed by atoms with van der Waals surface area (Å²) in [6.07, 6.45) is -0.0483. The molecule has 2 atom stereocenters. The first-order chi connectivity index (χ1) is 8.20. The number of benzene rings is 1. The van der Waals surface area contributed by atoms with Crippen molar-refractivity contribution in [1.29, 1.82) is 0 Å². The zero-order valence-electron chi connectivity index (χ0n) is 9.35. The molecule has 1 fully saturated rings. The highest BCUT2D eigenvalue weighted by atomic mass is 35.5. The minimum atomic E-state index is -0.416. The SMILES string of the molecule is CCO[C@H]1C[C@H]2ON1c1cc(Cl)ccc1C2=O. The summed E-state index contributed by atoms with van der Waals surface area (Å²) in [5, 5.41) is 2.25. The van der Waals surface area contributed by atoms with Crippen LogP contribution in [0.5, 0.6) is 0 Å². The number of hydrogen-bond acceptors (Lipinski definition) is 4. The van der Waals surface area contributed by atoms with Gasteiger partial charge in [-0.05, 0) is 25.1 Å². The molecule has 90 valence electrons. The smallest absolute Gasteiger partial charge is 0.196 e. The standard InChI is InChI=1S/C12H12ClNO3/c1-2-16-11-6-10-12(15)8-4-3-7(13)5-9(8)14(11)17-10/h3-5,10-11H,2,6H2,1H3/t10-,11+/m1/s1. The van der Waals surface area contributed by atoms with Gasteiger partial charge in [-0.25, -0.2) is 5.06 Å². The van der Waals surface area contributed by atoms with Gasteiger partial charge in [0.2, 0.25) is 0 Å². The Kier molecular flexibility index (Phi) is 2.58. The van der Waals surface area contributed by atoms with E-state index in [1.165, 1.54) is 0 Å². The van der Waals surface area contributed by atoms with Crippen LogP contribution < -0.4 is 5.06 Å². The van der Waals surface area contributed by atoms with E-state index in [9.17, 15) is 4.79 Å². The number of anilines is 1. The van der Waals surface area contributed by atoms with Gasteiger partial charge in [-0.2, -0.15) is 0 Å². The molecule has 0 radical (unpaired) electrons. The maximum Gasteiger partial charge on any atom is 0.196 e. The Labute approximate surface area is 104 Å². The number of rotatable bonds is 2. The molecule has 17 heavy (non-hydrogen) atoms. The summed E-state index contributed by atoms with van der Waals surface area (Å²) >= 11 is 5.95. The molecule has 1 saturated heterocycles. The van der Waals surface area contributed by atoms with Crippen molar-refractivity contribution in [2.24, 2.45) is 0 Å². The fourth-order valence-electron chi connectivity index (χ4n) is 2.29. The van der Waals surface area contributed by atoms with E-state index in [4.69, 9.17) is 21.2 Å². The number of carbonyl (C=O) groups is 1. The number of ketones is 1. The Morgan fingerprint density at radius 2 is 2.41 bits per heavy atom. The molecule has 0 unspecified atom stereocenters. The molecule has 2 aliphatic rings. The zero-order valence-corrected chi connectivity index (χ0v) is 10.1. The van der Waals surface area contributed by atoms with E-state index in [1.54, 1.807) is 23.3 Å². The monoisotopic (exact) mass is 253 g/mol. The van der Waals surface area contributed by atoms with Gasteiger partial charge in [-0.15, -0.1) is 0 Å². The number of hydroxylamine groups is 1. The van der Waals surface area contributed by atoms with Gasteiger partial charge >= 0.3 is 0 Å². The average molecular weight is 254 g/mol. The predicted octanol–water partition coefficient (Wildman–Crippen LogP) is 2.41. The summed E-state index contributed by atoms with van der Waals surface area (Å²) in [6.45, 7) is 2.51. The Morgan fingerprint density at radius 3 is 3.18 bits per heavy atom. The summed E-state index contributed by atoms with van der Waals surface area (Å²) in [6, 6.07) is 5.21. The van der Waals surface area contributed by atoms with E-state index in [2.05, 4.69) is 0 Å². The van der Waals surface area contributed by atoms with Crippen LogP contribution in [0.15, 0.2) is 18.2 Å². The molecule has 2 aliphatic heterocycles. The fraction of sp³-hybridized carbons (Fsp3) is 0.417. The minimum absolute atomic E-state index is 0.00937. The van der Waals surface area contributed by atoms with Crippen molar-refractivity contribution in [3.8, 4) is 0 Å². The van der Waals surface area contributed by atoms with Crippen LogP contribution in [-0.2, 0) is 9.57 Å². The lowest BCUT2D eigenvalue weighted by atomic mass is 10.0. The van der Waals surface area contributed by atoms with Crippen molar-refractivity contribution in [2.75, 3.05) is 11.7 Å². The molecule has 0 spiro atoms. The van der Waals surface area contributed by atoms with Gasteiger partial charge in [0.05, 0.1) is 5.69 Å². The van der Waals surface area contributed by atoms with E-state index < -0.39 is 6.10 Å². The molecule has 0 aromatic heterocycles. The largest absolute Gasteiger partial charge is 0.356 e. The highest BCUT2D eigenvalue weighted by Gasteiger charge is 2.45. The van der Waals surface area contributed by atoms with Crippen LogP contribution in [0, 0.1) is 0 Å². The third kappa shape index (κ3) is 1.64. The molecule has 1 aromatic carbocycles. The van der Waals surface area contributed by atoms with Crippen molar-refractivity contribution in [1.82, 2.24) is 0 Å². The van der Waals surface area contributed by atoms with E-state index in [1.807, 2.05) is 6.92 Å². The molecule has 0 aliphatic carbocycles. The molecule has 0 amide bonds. The second kappa shape index (κ2) is 3.98. The number of Topliss-reactive ketones (excluding diaryl/α,β-unsaturated/α-hetero) is 1. The fourth-order valence-corrected chi connectivity index (χ4v) is 2.46. The third-order valence-corrected chi connectivity index (χ3v) is 3.27. The highest BCUT2D eigenvalue weighted by Crippen LogP contribution is 2.39. The molecule has 5 heteroatoms. The molecule has 3 rings (SSSR count). The van der Waals surface area contributed by atoms with E-state index >= 15 is 0 Å². The number of ether oxygens (including phenoxy) is 1. The maximum absolute atomic E-state index is 12.1. The van der Waals surface area contributed by atoms with Crippen LogP contribution in [0.3, 0.4) is 0 Å². The molecule has 1 aromatic rings. The first kappa shape index (κ1) is 11.0. The van der Waals surface area contributed by atoms with Crippen molar-refractivity contribution in [2.45, 2.75) is 25.7 Å². The lowest BCUT2D eigenvalue weighted by Gasteiger charge is -2.28. The quantitative estimate of drug-likeness (QED) is 0.811. The van der Waals surface area contributed by atoms with Crippen LogP contribution in [0.25, 0.3) is 0 Å². The summed E-state index contributed by atoms with van der Waals surface area (Å²) < 4.78 is 5.57. The van der Waals surface area contributed by atoms with Crippen LogP contribution in [0.1, 0.15) is 23.7 Å². The lowest BCUT2D eigenvalue weighted by molar-refractivity contribution is 0.0168. The highest BCUT2D eigenvalue weighted by molar-refractivity contribution is 6.31. The van der Waals surface area contributed by atoms with E-state index in [0.717, 1.165) is 0 Å².